The zero-order valence-corrected chi connectivity index (χ0v) is 12.4. The number of hydrogen-bond donors (Lipinski definition) is 2. The summed E-state index contributed by atoms with van der Waals surface area (Å²) in [4.78, 5) is 2.34. The third kappa shape index (κ3) is 3.15. The van der Waals surface area contributed by atoms with E-state index in [2.05, 4.69) is 36.9 Å². The van der Waals surface area contributed by atoms with E-state index in [-0.39, 0.29) is 5.84 Å². The van der Waals surface area contributed by atoms with Crippen LogP contribution in [0.15, 0.2) is 23.4 Å². The molecule has 3 N–H and O–H groups in total. The molecular formula is C14H21N3OS. The Morgan fingerprint density at radius 1 is 1.37 bits per heavy atom. The lowest BCUT2D eigenvalue weighted by Crippen LogP contribution is -2.41. The zero-order chi connectivity index (χ0) is 14.0. The van der Waals surface area contributed by atoms with Crippen LogP contribution in [0.25, 0.3) is 0 Å². The Hall–Kier alpha value is -1.36. The lowest BCUT2D eigenvalue weighted by Gasteiger charge is -2.37. The molecule has 1 fully saturated rings. The van der Waals surface area contributed by atoms with Crippen molar-refractivity contribution in [3.63, 3.8) is 0 Å². The van der Waals surface area contributed by atoms with Gasteiger partial charge in [0.2, 0.25) is 0 Å². The van der Waals surface area contributed by atoms with Gasteiger partial charge in [-0.3, -0.25) is 0 Å². The van der Waals surface area contributed by atoms with Crippen molar-refractivity contribution >= 4 is 23.3 Å². The molecule has 1 aromatic rings. The summed E-state index contributed by atoms with van der Waals surface area (Å²) in [6, 6.07) is 6.03. The van der Waals surface area contributed by atoms with Crippen LogP contribution < -0.4 is 10.6 Å². The molecule has 1 aliphatic rings. The van der Waals surface area contributed by atoms with Crippen molar-refractivity contribution in [2.24, 2.45) is 10.9 Å². The molecule has 1 aliphatic heterocycles. The van der Waals surface area contributed by atoms with Gasteiger partial charge >= 0.3 is 0 Å². The molecule has 1 heterocycles. The number of benzene rings is 1. The van der Waals surface area contributed by atoms with Gasteiger partial charge in [-0.2, -0.15) is 11.8 Å². The minimum absolute atomic E-state index is 0.175. The van der Waals surface area contributed by atoms with Crippen LogP contribution in [0.2, 0.25) is 0 Å². The van der Waals surface area contributed by atoms with Gasteiger partial charge in [-0.1, -0.05) is 25.1 Å². The Balaban J connectivity index is 2.39. The Kier molecular flexibility index (Phi) is 4.24. The van der Waals surface area contributed by atoms with E-state index < -0.39 is 0 Å². The van der Waals surface area contributed by atoms with E-state index in [9.17, 15) is 0 Å². The Morgan fingerprint density at radius 2 is 2.00 bits per heavy atom. The molecule has 0 amide bonds. The van der Waals surface area contributed by atoms with E-state index in [1.807, 2.05) is 23.9 Å². The molecule has 4 nitrogen and oxygen atoms in total. The number of rotatable bonds is 2. The summed E-state index contributed by atoms with van der Waals surface area (Å²) in [6.45, 7) is 8.53. The number of nitrogens with zero attached hydrogens (tertiary/aromatic N) is 2. The van der Waals surface area contributed by atoms with E-state index in [1.54, 1.807) is 0 Å². The maximum Gasteiger partial charge on any atom is 0.172 e. The molecule has 19 heavy (non-hydrogen) atoms. The Labute approximate surface area is 118 Å². The number of anilines is 1. The summed E-state index contributed by atoms with van der Waals surface area (Å²) in [5.74, 6) is 0.175. The largest absolute Gasteiger partial charge is 0.409 e. The molecule has 0 bridgehead atoms. The quantitative estimate of drug-likeness (QED) is 0.378. The summed E-state index contributed by atoms with van der Waals surface area (Å²) in [5.41, 5.74) is 8.84. The molecule has 0 aliphatic carbocycles. The first kappa shape index (κ1) is 14.1. The number of hydrogen-bond acceptors (Lipinski definition) is 4. The fraction of sp³-hybridized carbons (Fsp3) is 0.500. The van der Waals surface area contributed by atoms with Crippen LogP contribution in [-0.4, -0.2) is 34.6 Å². The lowest BCUT2D eigenvalue weighted by atomic mass is 10.1. The molecule has 2 unspecified atom stereocenters. The molecule has 1 aromatic carbocycles. The van der Waals surface area contributed by atoms with Crippen LogP contribution >= 0.6 is 11.8 Å². The first-order valence-corrected chi connectivity index (χ1v) is 7.44. The second-order valence-corrected chi connectivity index (χ2v) is 7.05. The monoisotopic (exact) mass is 279 g/mol. The molecule has 2 atom stereocenters. The van der Waals surface area contributed by atoms with Gasteiger partial charge in [-0.25, -0.2) is 0 Å². The van der Waals surface area contributed by atoms with Gasteiger partial charge in [-0.05, 0) is 24.6 Å². The highest BCUT2D eigenvalue weighted by molar-refractivity contribution is 8.00. The fourth-order valence-corrected chi connectivity index (χ4v) is 3.87. The van der Waals surface area contributed by atoms with E-state index in [0.717, 1.165) is 24.3 Å². The summed E-state index contributed by atoms with van der Waals surface area (Å²) in [5, 5.41) is 13.2. The van der Waals surface area contributed by atoms with Gasteiger partial charge in [0.25, 0.3) is 0 Å². The third-order valence-corrected chi connectivity index (χ3v) is 4.52. The van der Waals surface area contributed by atoms with Crippen LogP contribution in [0.1, 0.15) is 25.0 Å². The highest BCUT2D eigenvalue weighted by Gasteiger charge is 2.24. The molecule has 0 radical (unpaired) electrons. The predicted molar refractivity (Wildman–Crippen MR) is 82.4 cm³/mol. The maximum absolute atomic E-state index is 8.92. The first-order valence-electron chi connectivity index (χ1n) is 6.50. The summed E-state index contributed by atoms with van der Waals surface area (Å²) in [6.07, 6.45) is 0. The Morgan fingerprint density at radius 3 is 2.58 bits per heavy atom. The molecule has 5 heteroatoms. The molecule has 2 rings (SSSR count). The smallest absolute Gasteiger partial charge is 0.172 e. The van der Waals surface area contributed by atoms with Crippen molar-refractivity contribution in [3.05, 3.63) is 29.3 Å². The van der Waals surface area contributed by atoms with E-state index in [4.69, 9.17) is 10.9 Å². The van der Waals surface area contributed by atoms with Crippen LogP contribution in [0.4, 0.5) is 5.69 Å². The Bertz CT molecular complexity index is 480. The van der Waals surface area contributed by atoms with Gasteiger partial charge in [0, 0.05) is 34.8 Å². The van der Waals surface area contributed by atoms with Gasteiger partial charge in [0.1, 0.15) is 0 Å². The summed E-state index contributed by atoms with van der Waals surface area (Å²) in [7, 11) is 0. The second kappa shape index (κ2) is 5.74. The van der Waals surface area contributed by atoms with Crippen LogP contribution in [0, 0.1) is 6.92 Å². The van der Waals surface area contributed by atoms with Gasteiger partial charge < -0.3 is 15.8 Å². The highest BCUT2D eigenvalue weighted by Crippen LogP contribution is 2.31. The van der Waals surface area contributed by atoms with Crippen molar-refractivity contribution < 1.29 is 5.21 Å². The van der Waals surface area contributed by atoms with Crippen molar-refractivity contribution in [3.8, 4) is 0 Å². The maximum atomic E-state index is 8.92. The van der Waals surface area contributed by atoms with Crippen molar-refractivity contribution in [2.45, 2.75) is 31.3 Å². The van der Waals surface area contributed by atoms with Gasteiger partial charge in [0.15, 0.2) is 5.84 Å². The lowest BCUT2D eigenvalue weighted by molar-refractivity contribution is 0.318. The first-order chi connectivity index (χ1) is 9.01. The van der Waals surface area contributed by atoms with Crippen LogP contribution in [0.5, 0.6) is 0 Å². The minimum atomic E-state index is 0.175. The van der Waals surface area contributed by atoms with E-state index >= 15 is 0 Å². The molecular weight excluding hydrogens is 258 g/mol. The minimum Gasteiger partial charge on any atom is -0.409 e. The molecule has 104 valence electrons. The molecule has 0 spiro atoms. The number of nitrogens with two attached hydrogens (primary N) is 1. The SMILES string of the molecule is Cc1ccc(C(N)=NO)c(N2CC(C)SC(C)C2)c1. The third-order valence-electron chi connectivity index (χ3n) is 3.30. The van der Waals surface area contributed by atoms with Crippen molar-refractivity contribution in [2.75, 3.05) is 18.0 Å². The van der Waals surface area contributed by atoms with E-state index in [0.29, 0.717) is 10.5 Å². The average molecular weight is 279 g/mol. The van der Waals surface area contributed by atoms with Crippen LogP contribution in [-0.2, 0) is 0 Å². The van der Waals surface area contributed by atoms with E-state index in [1.165, 1.54) is 5.56 Å². The number of amidine groups is 1. The standard InChI is InChI=1S/C14H21N3OS/c1-9-4-5-12(14(15)16-18)13(6-9)17-7-10(2)19-11(3)8-17/h4-6,10-11,18H,7-8H2,1-3H3,(H2,15,16). The number of oxime groups is 1. The zero-order valence-electron chi connectivity index (χ0n) is 11.6. The molecule has 1 saturated heterocycles. The van der Waals surface area contributed by atoms with Crippen molar-refractivity contribution in [1.82, 2.24) is 0 Å². The average Bonchev–Trinajstić information content (AvgIpc) is 2.36. The topological polar surface area (TPSA) is 61.9 Å². The molecule has 0 aromatic heterocycles. The van der Waals surface area contributed by atoms with Gasteiger partial charge in [-0.15, -0.1) is 0 Å². The second-order valence-electron chi connectivity index (χ2n) is 5.17. The number of thioether (sulfide) groups is 1. The summed E-state index contributed by atoms with van der Waals surface area (Å²) < 4.78 is 0. The predicted octanol–water partition coefficient (Wildman–Crippen LogP) is 2.42. The van der Waals surface area contributed by atoms with Crippen LogP contribution in [0.3, 0.4) is 0 Å². The molecule has 0 saturated carbocycles. The highest BCUT2D eigenvalue weighted by atomic mass is 32.2. The van der Waals surface area contributed by atoms with Gasteiger partial charge in [0.05, 0.1) is 0 Å². The summed E-state index contributed by atoms with van der Waals surface area (Å²) >= 11 is 2.01. The van der Waals surface area contributed by atoms with Crippen molar-refractivity contribution in [1.29, 1.82) is 0 Å². The normalized spacial score (nSPS) is 24.6. The fourth-order valence-electron chi connectivity index (χ4n) is 2.55. The number of aryl methyl sites for hydroxylation is 1.